The fourth-order valence-corrected chi connectivity index (χ4v) is 4.17. The predicted octanol–water partition coefficient (Wildman–Crippen LogP) is 4.78. The lowest BCUT2D eigenvalue weighted by Gasteiger charge is -2.31. The van der Waals surface area contributed by atoms with E-state index in [9.17, 15) is 9.59 Å². The number of aliphatic imine (C=N–C) groups is 1. The Hall–Kier alpha value is -3.24. The highest BCUT2D eigenvalue weighted by molar-refractivity contribution is 6.44. The number of allylic oxidation sites excluding steroid dienone is 3. The summed E-state index contributed by atoms with van der Waals surface area (Å²) in [7, 11) is 0. The molecule has 0 fully saturated rings. The molecule has 34 heavy (non-hydrogen) atoms. The molecule has 1 aliphatic carbocycles. The monoisotopic (exact) mass is 461 g/mol. The molecule has 0 aromatic heterocycles. The summed E-state index contributed by atoms with van der Waals surface area (Å²) in [6.45, 7) is 18.6. The SMILES string of the molecule is [C-]#[N+]C1=CCC(C(=O)Nc2ccc(C(C)(C)NCCNC(C)=O)cc2C2=CCC(C)(C)CC2)=N1. The molecule has 3 N–H and O–H groups in total. The van der Waals surface area contributed by atoms with Crippen LogP contribution < -0.4 is 16.0 Å². The highest BCUT2D eigenvalue weighted by atomic mass is 16.2. The van der Waals surface area contributed by atoms with E-state index in [0.717, 1.165) is 36.1 Å². The number of amides is 2. The molecule has 0 bridgehead atoms. The Bertz CT molecular complexity index is 1100. The lowest BCUT2D eigenvalue weighted by molar-refractivity contribution is -0.119. The van der Waals surface area contributed by atoms with Crippen LogP contribution in [0.25, 0.3) is 10.4 Å². The molecule has 1 aromatic rings. The highest BCUT2D eigenvalue weighted by Gasteiger charge is 2.27. The Labute approximate surface area is 202 Å². The topological polar surface area (TPSA) is 87.0 Å². The van der Waals surface area contributed by atoms with Crippen molar-refractivity contribution < 1.29 is 9.59 Å². The third-order valence-electron chi connectivity index (χ3n) is 6.48. The smallest absolute Gasteiger partial charge is 0.293 e. The average Bonchev–Trinajstić information content (AvgIpc) is 3.26. The van der Waals surface area contributed by atoms with Crippen molar-refractivity contribution in [3.8, 4) is 0 Å². The van der Waals surface area contributed by atoms with Gasteiger partial charge in [-0.25, -0.2) is 0 Å². The van der Waals surface area contributed by atoms with Crippen LogP contribution in [0.5, 0.6) is 0 Å². The molecule has 1 aliphatic heterocycles. The molecule has 0 saturated heterocycles. The first-order chi connectivity index (χ1) is 16.0. The second-order valence-electron chi connectivity index (χ2n) is 10.3. The largest absolute Gasteiger partial charge is 0.361 e. The van der Waals surface area contributed by atoms with E-state index in [-0.39, 0.29) is 28.6 Å². The summed E-state index contributed by atoms with van der Waals surface area (Å²) in [5, 5.41) is 9.37. The van der Waals surface area contributed by atoms with E-state index in [4.69, 9.17) is 6.57 Å². The number of carbonyl (C=O) groups excluding carboxylic acids is 2. The van der Waals surface area contributed by atoms with Gasteiger partial charge in [-0.15, -0.1) is 4.99 Å². The van der Waals surface area contributed by atoms with Gasteiger partial charge in [0.15, 0.2) is 5.71 Å². The minimum Gasteiger partial charge on any atom is -0.361 e. The van der Waals surface area contributed by atoms with E-state index in [1.807, 2.05) is 12.1 Å². The Morgan fingerprint density at radius 1 is 1.21 bits per heavy atom. The Kier molecular flexibility index (Phi) is 7.73. The fourth-order valence-electron chi connectivity index (χ4n) is 4.17. The maximum atomic E-state index is 12.9. The van der Waals surface area contributed by atoms with E-state index in [2.05, 4.69) is 65.6 Å². The van der Waals surface area contributed by atoms with Gasteiger partial charge in [0.25, 0.3) is 11.7 Å². The summed E-state index contributed by atoms with van der Waals surface area (Å²) < 4.78 is 0. The van der Waals surface area contributed by atoms with E-state index in [0.29, 0.717) is 25.2 Å². The minimum absolute atomic E-state index is 0.0419. The van der Waals surface area contributed by atoms with Gasteiger partial charge in [-0.05, 0) is 61.8 Å². The highest BCUT2D eigenvalue weighted by Crippen LogP contribution is 2.41. The van der Waals surface area contributed by atoms with Gasteiger partial charge in [-0.3, -0.25) is 9.59 Å². The summed E-state index contributed by atoms with van der Waals surface area (Å²) in [6, 6.07) is 6.14. The van der Waals surface area contributed by atoms with E-state index < -0.39 is 0 Å². The average molecular weight is 462 g/mol. The summed E-state index contributed by atoms with van der Waals surface area (Å²) >= 11 is 0. The van der Waals surface area contributed by atoms with Crippen molar-refractivity contribution in [3.63, 3.8) is 0 Å². The van der Waals surface area contributed by atoms with Crippen molar-refractivity contribution in [3.05, 3.63) is 58.7 Å². The number of nitrogens with zero attached hydrogens (tertiary/aromatic N) is 2. The van der Waals surface area contributed by atoms with Gasteiger partial charge in [0, 0.05) is 43.2 Å². The van der Waals surface area contributed by atoms with Gasteiger partial charge in [0.05, 0.1) is 0 Å². The van der Waals surface area contributed by atoms with Crippen LogP contribution in [0, 0.1) is 12.0 Å². The van der Waals surface area contributed by atoms with Crippen molar-refractivity contribution in [1.29, 1.82) is 0 Å². The van der Waals surface area contributed by atoms with Crippen molar-refractivity contribution in [1.82, 2.24) is 10.6 Å². The molecule has 0 saturated carbocycles. The summed E-state index contributed by atoms with van der Waals surface area (Å²) in [5.41, 5.74) is 4.43. The molecule has 180 valence electrons. The first-order valence-electron chi connectivity index (χ1n) is 11.8. The maximum absolute atomic E-state index is 12.9. The number of benzene rings is 1. The predicted molar refractivity (Wildman–Crippen MR) is 137 cm³/mol. The van der Waals surface area contributed by atoms with Crippen molar-refractivity contribution in [2.24, 2.45) is 10.4 Å². The first-order valence-corrected chi connectivity index (χ1v) is 11.8. The van der Waals surface area contributed by atoms with Crippen LogP contribution in [0.15, 0.2) is 41.2 Å². The van der Waals surface area contributed by atoms with Gasteiger partial charge in [-0.1, -0.05) is 38.6 Å². The Morgan fingerprint density at radius 2 is 1.97 bits per heavy atom. The van der Waals surface area contributed by atoms with Gasteiger partial charge in [-0.2, -0.15) is 0 Å². The minimum atomic E-state index is -0.325. The summed E-state index contributed by atoms with van der Waals surface area (Å²) in [5.74, 6) is -0.0434. The molecule has 2 aliphatic rings. The summed E-state index contributed by atoms with van der Waals surface area (Å²) in [6.07, 6.45) is 7.36. The van der Waals surface area contributed by atoms with Crippen molar-refractivity contribution >= 4 is 28.8 Å². The lowest BCUT2D eigenvalue weighted by Crippen LogP contribution is -2.41. The van der Waals surface area contributed by atoms with E-state index in [1.165, 1.54) is 12.5 Å². The first kappa shape index (κ1) is 25.4. The van der Waals surface area contributed by atoms with Crippen molar-refractivity contribution in [2.45, 2.75) is 65.8 Å². The van der Waals surface area contributed by atoms with Crippen molar-refractivity contribution in [2.75, 3.05) is 18.4 Å². The summed E-state index contributed by atoms with van der Waals surface area (Å²) in [4.78, 5) is 31.5. The molecule has 3 rings (SSSR count). The van der Waals surface area contributed by atoms with Crippen LogP contribution in [0.4, 0.5) is 5.69 Å². The van der Waals surface area contributed by atoms with E-state index in [1.54, 1.807) is 6.08 Å². The molecular formula is C27H35N5O2. The van der Waals surface area contributed by atoms with Crippen LogP contribution in [0.1, 0.15) is 71.4 Å². The zero-order valence-corrected chi connectivity index (χ0v) is 20.8. The third-order valence-corrected chi connectivity index (χ3v) is 6.48. The molecule has 7 nitrogen and oxygen atoms in total. The Balaban J connectivity index is 1.87. The quantitative estimate of drug-likeness (QED) is 0.384. The molecule has 0 spiro atoms. The Morgan fingerprint density at radius 3 is 2.59 bits per heavy atom. The van der Waals surface area contributed by atoms with Gasteiger partial charge >= 0.3 is 0 Å². The van der Waals surface area contributed by atoms with Crippen LogP contribution in [-0.2, 0) is 15.1 Å². The number of anilines is 1. The van der Waals surface area contributed by atoms with Crippen LogP contribution in [0.2, 0.25) is 0 Å². The zero-order valence-electron chi connectivity index (χ0n) is 20.8. The number of hydrogen-bond donors (Lipinski definition) is 3. The zero-order chi connectivity index (χ0) is 24.9. The molecular weight excluding hydrogens is 426 g/mol. The second kappa shape index (κ2) is 10.4. The van der Waals surface area contributed by atoms with Crippen LogP contribution in [0.3, 0.4) is 0 Å². The molecule has 0 atom stereocenters. The van der Waals surface area contributed by atoms with Gasteiger partial charge in [0.2, 0.25) is 5.91 Å². The molecule has 0 unspecified atom stereocenters. The molecule has 2 amide bonds. The van der Waals surface area contributed by atoms with Crippen LogP contribution in [-0.4, -0.2) is 30.6 Å². The molecule has 0 radical (unpaired) electrons. The molecule has 1 heterocycles. The van der Waals surface area contributed by atoms with Crippen LogP contribution >= 0.6 is 0 Å². The number of carbonyl (C=O) groups is 2. The molecule has 1 aromatic carbocycles. The van der Waals surface area contributed by atoms with E-state index >= 15 is 0 Å². The lowest BCUT2D eigenvalue weighted by atomic mass is 9.76. The third kappa shape index (κ3) is 6.42. The second-order valence-corrected chi connectivity index (χ2v) is 10.3. The standard InChI is InChI=1S/C27H35N5O2/c1-18(33)29-15-16-30-27(4,5)20-7-8-22(32-25(34)23-9-10-24(28-6)31-23)21(17-20)19-11-13-26(2,3)14-12-19/h7-8,10-11,17,30H,9,12-16H2,1-5H3,(H,29,33)(H,32,34). The maximum Gasteiger partial charge on any atom is 0.293 e. The molecule has 7 heteroatoms. The number of hydrogen-bond acceptors (Lipinski definition) is 4. The van der Waals surface area contributed by atoms with Gasteiger partial charge < -0.3 is 20.8 Å². The number of nitrogens with one attached hydrogen (secondary N) is 3. The van der Waals surface area contributed by atoms with Gasteiger partial charge in [0.1, 0.15) is 0 Å². The fraction of sp³-hybridized carbons (Fsp3) is 0.481. The number of rotatable bonds is 8. The normalized spacial score (nSPS) is 17.2.